The van der Waals surface area contributed by atoms with E-state index in [1.54, 1.807) is 27.7 Å². The summed E-state index contributed by atoms with van der Waals surface area (Å²) < 4.78 is 42.1. The normalized spacial score (nSPS) is 11.7. The topological polar surface area (TPSA) is 117 Å². The quantitative estimate of drug-likeness (QED) is 0.502. The van der Waals surface area contributed by atoms with Crippen LogP contribution in [0, 0.1) is 0 Å². The number of nitrogens with zero attached hydrogens (tertiary/aromatic N) is 6. The van der Waals surface area contributed by atoms with Crippen LogP contribution in [0.4, 0.5) is 24.9 Å². The van der Waals surface area contributed by atoms with Crippen LogP contribution in [0.2, 0.25) is 0 Å². The smallest absolute Gasteiger partial charge is 0.382 e. The number of anilines is 2. The number of amides is 1. The second kappa shape index (κ2) is 7.70. The first-order valence-electron chi connectivity index (χ1n) is 9.30. The van der Waals surface area contributed by atoms with E-state index in [0.717, 1.165) is 24.6 Å². The summed E-state index contributed by atoms with van der Waals surface area (Å²) in [5.74, 6) is -0.438. The van der Waals surface area contributed by atoms with Gasteiger partial charge < -0.3 is 5.73 Å². The molecule has 0 aliphatic carbocycles. The van der Waals surface area contributed by atoms with Crippen LogP contribution in [0.5, 0.6) is 0 Å². The zero-order valence-corrected chi connectivity index (χ0v) is 16.3. The van der Waals surface area contributed by atoms with E-state index in [1.807, 2.05) is 6.92 Å². The van der Waals surface area contributed by atoms with Gasteiger partial charge in [0.25, 0.3) is 5.91 Å². The van der Waals surface area contributed by atoms with E-state index in [4.69, 9.17) is 5.73 Å². The molecular weight excluding hydrogens is 413 g/mol. The molecule has 4 aromatic rings. The molecule has 1 amide bonds. The monoisotopic (exact) mass is 430 g/mol. The van der Waals surface area contributed by atoms with Gasteiger partial charge in [-0.05, 0) is 30.7 Å². The molecule has 9 nitrogen and oxygen atoms in total. The molecule has 3 aromatic heterocycles. The average Bonchev–Trinajstić information content (AvgIpc) is 3.36. The van der Waals surface area contributed by atoms with Crippen LogP contribution in [0.3, 0.4) is 0 Å². The molecule has 0 aliphatic rings. The summed E-state index contributed by atoms with van der Waals surface area (Å²) in [6.45, 7) is 2.52. The van der Waals surface area contributed by atoms with E-state index in [-0.39, 0.29) is 17.3 Å². The van der Waals surface area contributed by atoms with Gasteiger partial charge in [-0.3, -0.25) is 14.7 Å². The van der Waals surface area contributed by atoms with Crippen molar-refractivity contribution in [2.24, 2.45) is 0 Å². The Hall–Kier alpha value is -3.96. The lowest BCUT2D eigenvalue weighted by molar-refractivity contribution is -0.137. The Bertz CT molecular complexity index is 1250. The van der Waals surface area contributed by atoms with Crippen molar-refractivity contribution in [1.82, 2.24) is 29.3 Å². The van der Waals surface area contributed by atoms with Crippen LogP contribution < -0.4 is 11.1 Å². The maximum Gasteiger partial charge on any atom is 0.416 e. The fourth-order valence-corrected chi connectivity index (χ4v) is 3.07. The van der Waals surface area contributed by atoms with Gasteiger partial charge in [-0.15, -0.1) is 0 Å². The van der Waals surface area contributed by atoms with Gasteiger partial charge in [-0.2, -0.15) is 28.2 Å². The number of nitrogens with one attached hydrogen (secondary N) is 1. The van der Waals surface area contributed by atoms with Gasteiger partial charge in [-0.1, -0.05) is 13.0 Å². The zero-order chi connectivity index (χ0) is 22.2. The highest BCUT2D eigenvalue weighted by atomic mass is 19.4. The fourth-order valence-electron chi connectivity index (χ4n) is 3.07. The molecule has 4 rings (SSSR count). The molecule has 0 saturated heterocycles. The third-order valence-electron chi connectivity index (χ3n) is 4.44. The lowest BCUT2D eigenvalue weighted by atomic mass is 10.1. The van der Waals surface area contributed by atoms with Gasteiger partial charge in [0, 0.05) is 24.5 Å². The number of hydrogen-bond donors (Lipinski definition) is 2. The number of fused-ring (bicyclic) bond motifs is 1. The molecule has 12 heteroatoms. The Labute approximate surface area is 173 Å². The number of rotatable bonds is 5. The maximum atomic E-state index is 12.9. The first-order chi connectivity index (χ1) is 14.8. The first-order valence-corrected chi connectivity index (χ1v) is 9.30. The van der Waals surface area contributed by atoms with E-state index < -0.39 is 17.6 Å². The fraction of sp³-hybridized carbons (Fsp3) is 0.211. The van der Waals surface area contributed by atoms with Crippen molar-refractivity contribution >= 4 is 28.8 Å². The Balaban J connectivity index is 1.72. The SMILES string of the molecule is CCCn1c(-n2cccn2)nc2c(N)nc(NC(=O)c3cccc(C(F)(F)F)c3)nc21. The second-order valence-electron chi connectivity index (χ2n) is 6.65. The van der Waals surface area contributed by atoms with Gasteiger partial charge in [0.2, 0.25) is 11.9 Å². The predicted molar refractivity (Wildman–Crippen MR) is 107 cm³/mol. The molecule has 160 valence electrons. The lowest BCUT2D eigenvalue weighted by Gasteiger charge is -2.10. The first kappa shape index (κ1) is 20.3. The highest BCUT2D eigenvalue weighted by Gasteiger charge is 2.31. The van der Waals surface area contributed by atoms with Crippen molar-refractivity contribution in [3.63, 3.8) is 0 Å². The van der Waals surface area contributed by atoms with Crippen molar-refractivity contribution in [3.8, 4) is 5.95 Å². The molecule has 3 heterocycles. The summed E-state index contributed by atoms with van der Waals surface area (Å²) in [6.07, 6.45) is -0.486. The molecule has 0 fully saturated rings. The molecule has 0 unspecified atom stereocenters. The van der Waals surface area contributed by atoms with Crippen LogP contribution in [0.1, 0.15) is 29.3 Å². The number of imidazole rings is 1. The molecule has 1 aromatic carbocycles. The van der Waals surface area contributed by atoms with Crippen LogP contribution >= 0.6 is 0 Å². The van der Waals surface area contributed by atoms with Gasteiger partial charge in [0.15, 0.2) is 17.0 Å². The standard InChI is InChI=1S/C19H17F3N8O/c1-2-8-29-15-13(25-18(29)30-9-4-7-24-30)14(23)26-17(27-15)28-16(31)11-5-3-6-12(10-11)19(20,21)22/h3-7,9-10H,2,8H2,1H3,(H3,23,26,27,28,31). The minimum Gasteiger partial charge on any atom is -0.382 e. The number of carbonyl (C=O) groups excluding carboxylic acids is 1. The molecule has 0 bridgehead atoms. The number of hydrogen-bond acceptors (Lipinski definition) is 6. The van der Waals surface area contributed by atoms with Gasteiger partial charge in [0.1, 0.15) is 0 Å². The predicted octanol–water partition coefficient (Wildman–Crippen LogP) is 3.28. The third-order valence-corrected chi connectivity index (χ3v) is 4.44. The average molecular weight is 430 g/mol. The summed E-state index contributed by atoms with van der Waals surface area (Å²) >= 11 is 0. The highest BCUT2D eigenvalue weighted by molar-refractivity contribution is 6.04. The molecular formula is C19H17F3N8O. The van der Waals surface area contributed by atoms with Gasteiger partial charge in [0.05, 0.1) is 5.56 Å². The van der Waals surface area contributed by atoms with E-state index in [2.05, 4.69) is 25.4 Å². The van der Waals surface area contributed by atoms with Crippen LogP contribution in [-0.4, -0.2) is 35.2 Å². The number of aromatic nitrogens is 6. The van der Waals surface area contributed by atoms with E-state index in [0.29, 0.717) is 23.7 Å². The van der Waals surface area contributed by atoms with E-state index in [9.17, 15) is 18.0 Å². The summed E-state index contributed by atoms with van der Waals surface area (Å²) in [6, 6.07) is 5.81. The Morgan fingerprint density at radius 3 is 2.68 bits per heavy atom. The minimum absolute atomic E-state index is 0.0209. The van der Waals surface area contributed by atoms with Crippen molar-refractivity contribution in [1.29, 1.82) is 0 Å². The molecule has 0 atom stereocenters. The number of halogens is 3. The van der Waals surface area contributed by atoms with Crippen LogP contribution in [0.15, 0.2) is 42.7 Å². The number of benzene rings is 1. The third kappa shape index (κ3) is 3.91. The maximum absolute atomic E-state index is 12.9. The summed E-state index contributed by atoms with van der Waals surface area (Å²) in [5, 5.41) is 6.59. The highest BCUT2D eigenvalue weighted by Crippen LogP contribution is 2.30. The summed E-state index contributed by atoms with van der Waals surface area (Å²) in [7, 11) is 0. The zero-order valence-electron chi connectivity index (χ0n) is 16.3. The van der Waals surface area contributed by atoms with Crippen molar-refractivity contribution in [3.05, 3.63) is 53.9 Å². The molecule has 31 heavy (non-hydrogen) atoms. The molecule has 0 saturated carbocycles. The van der Waals surface area contributed by atoms with Crippen molar-refractivity contribution in [2.75, 3.05) is 11.1 Å². The van der Waals surface area contributed by atoms with Gasteiger partial charge >= 0.3 is 6.18 Å². The largest absolute Gasteiger partial charge is 0.416 e. The number of nitrogen functional groups attached to an aromatic ring is 1. The number of carbonyl (C=O) groups is 1. The van der Waals surface area contributed by atoms with Crippen LogP contribution in [0.25, 0.3) is 17.1 Å². The number of aryl methyl sites for hydroxylation is 1. The Morgan fingerprint density at radius 1 is 1.19 bits per heavy atom. The molecule has 3 N–H and O–H groups in total. The summed E-state index contributed by atoms with van der Waals surface area (Å²) in [5.41, 5.74) is 5.62. The number of nitrogens with two attached hydrogens (primary N) is 1. The minimum atomic E-state index is -4.56. The second-order valence-corrected chi connectivity index (χ2v) is 6.65. The van der Waals surface area contributed by atoms with E-state index >= 15 is 0 Å². The Kier molecular flexibility index (Phi) is 5.05. The molecule has 0 spiro atoms. The molecule has 0 radical (unpaired) electrons. The van der Waals surface area contributed by atoms with Crippen molar-refractivity contribution < 1.29 is 18.0 Å². The molecule has 0 aliphatic heterocycles. The lowest BCUT2D eigenvalue weighted by Crippen LogP contribution is -2.16. The van der Waals surface area contributed by atoms with Crippen LogP contribution in [-0.2, 0) is 12.7 Å². The van der Waals surface area contributed by atoms with Crippen molar-refractivity contribution in [2.45, 2.75) is 26.1 Å². The van der Waals surface area contributed by atoms with E-state index in [1.165, 1.54) is 6.07 Å². The Morgan fingerprint density at radius 2 is 2.00 bits per heavy atom. The summed E-state index contributed by atoms with van der Waals surface area (Å²) in [4.78, 5) is 25.4. The number of alkyl halides is 3. The van der Waals surface area contributed by atoms with Gasteiger partial charge in [-0.25, -0.2) is 9.67 Å².